The van der Waals surface area contributed by atoms with Crippen LogP contribution in [0.1, 0.15) is 11.3 Å². The summed E-state index contributed by atoms with van der Waals surface area (Å²) in [5, 5.41) is 25.6. The monoisotopic (exact) mass is 387 g/mol. The number of nitrogens with one attached hydrogen (secondary N) is 2. The van der Waals surface area contributed by atoms with Gasteiger partial charge in [-0.1, -0.05) is 17.4 Å². The van der Waals surface area contributed by atoms with Crippen molar-refractivity contribution in [2.24, 2.45) is 0 Å². The van der Waals surface area contributed by atoms with Gasteiger partial charge < -0.3 is 15.5 Å². The summed E-state index contributed by atoms with van der Waals surface area (Å²) in [4.78, 5) is 15.2. The first-order valence-electron chi connectivity index (χ1n) is 8.21. The highest BCUT2D eigenvalue weighted by Crippen LogP contribution is 2.24. The van der Waals surface area contributed by atoms with Crippen molar-refractivity contribution in [3.8, 4) is 0 Å². The van der Waals surface area contributed by atoms with Gasteiger partial charge in [-0.25, -0.2) is 0 Å². The average molecular weight is 387 g/mol. The maximum atomic E-state index is 12.0. The number of carbonyl (C=O) groups is 1. The highest BCUT2D eigenvalue weighted by molar-refractivity contribution is 7.19. The van der Waals surface area contributed by atoms with Gasteiger partial charge in [-0.15, -0.1) is 26.6 Å². The Bertz CT molecular complexity index is 853. The van der Waals surface area contributed by atoms with Crippen LogP contribution in [0.15, 0.2) is 35.8 Å². The Morgan fingerprint density at radius 2 is 2.15 bits per heavy atom. The predicted molar refractivity (Wildman–Crippen MR) is 103 cm³/mol. The summed E-state index contributed by atoms with van der Waals surface area (Å²) in [5.41, 5.74) is 0. The van der Waals surface area contributed by atoms with Crippen LogP contribution in [0.4, 0.5) is 16.1 Å². The van der Waals surface area contributed by atoms with E-state index in [1.807, 2.05) is 29.6 Å². The van der Waals surface area contributed by atoms with E-state index in [2.05, 4.69) is 35.9 Å². The summed E-state index contributed by atoms with van der Waals surface area (Å²) < 4.78 is 0. The number of thiophene rings is 1. The van der Waals surface area contributed by atoms with E-state index in [-0.39, 0.29) is 11.9 Å². The lowest BCUT2D eigenvalue weighted by Gasteiger charge is -2.16. The number of hydrogen-bond acceptors (Lipinski definition) is 9. The first-order chi connectivity index (χ1) is 12.8. The zero-order chi connectivity index (χ0) is 17.8. The van der Waals surface area contributed by atoms with E-state index in [1.165, 1.54) is 11.3 Å². The fourth-order valence-corrected chi connectivity index (χ4v) is 4.23. The average Bonchev–Trinajstić information content (AvgIpc) is 3.39. The molecule has 0 aromatic carbocycles. The molecule has 4 rings (SSSR count). The molecule has 0 aliphatic carbocycles. The van der Waals surface area contributed by atoms with Crippen LogP contribution in [0.2, 0.25) is 0 Å². The van der Waals surface area contributed by atoms with Crippen molar-refractivity contribution >= 4 is 44.7 Å². The summed E-state index contributed by atoms with van der Waals surface area (Å²) in [6, 6.07) is 7.99. The van der Waals surface area contributed by atoms with Crippen LogP contribution < -0.4 is 15.5 Å². The highest BCUT2D eigenvalue weighted by atomic mass is 32.1. The zero-order valence-electron chi connectivity index (χ0n) is 13.8. The number of hydrogen-bond donors (Lipinski definition) is 2. The van der Waals surface area contributed by atoms with Crippen molar-refractivity contribution in [3.63, 3.8) is 0 Å². The summed E-state index contributed by atoms with van der Waals surface area (Å²) >= 11 is 2.92. The van der Waals surface area contributed by atoms with Crippen molar-refractivity contribution in [1.82, 2.24) is 20.4 Å². The van der Waals surface area contributed by atoms with Crippen molar-refractivity contribution in [3.05, 3.63) is 40.7 Å². The van der Waals surface area contributed by atoms with E-state index in [4.69, 9.17) is 0 Å². The summed E-state index contributed by atoms with van der Waals surface area (Å²) in [7, 11) is 0. The largest absolute Gasteiger partial charge is 0.355 e. The molecule has 1 fully saturated rings. The molecule has 3 aromatic rings. The zero-order valence-corrected chi connectivity index (χ0v) is 15.5. The number of amides is 1. The molecule has 1 amide bonds. The second-order valence-electron chi connectivity index (χ2n) is 5.87. The van der Waals surface area contributed by atoms with Gasteiger partial charge in [0, 0.05) is 30.2 Å². The lowest BCUT2D eigenvalue weighted by Crippen LogP contribution is -2.26. The molecule has 0 saturated carbocycles. The molecule has 0 spiro atoms. The molecule has 134 valence electrons. The van der Waals surface area contributed by atoms with Gasteiger partial charge in [0.2, 0.25) is 16.2 Å². The van der Waals surface area contributed by atoms with Crippen LogP contribution in [-0.2, 0) is 11.2 Å². The Morgan fingerprint density at radius 1 is 1.23 bits per heavy atom. The molecule has 0 radical (unpaired) electrons. The van der Waals surface area contributed by atoms with Gasteiger partial charge in [-0.05, 0) is 30.0 Å². The van der Waals surface area contributed by atoms with E-state index in [0.29, 0.717) is 16.7 Å². The lowest BCUT2D eigenvalue weighted by atomic mass is 10.3. The molecule has 1 atom stereocenters. The van der Waals surface area contributed by atoms with Crippen LogP contribution in [0.5, 0.6) is 0 Å². The van der Waals surface area contributed by atoms with Gasteiger partial charge in [0.15, 0.2) is 5.82 Å². The topological polar surface area (TPSA) is 95.9 Å². The highest BCUT2D eigenvalue weighted by Gasteiger charge is 2.24. The van der Waals surface area contributed by atoms with E-state index >= 15 is 0 Å². The van der Waals surface area contributed by atoms with Crippen molar-refractivity contribution in [2.75, 3.05) is 28.6 Å². The van der Waals surface area contributed by atoms with Gasteiger partial charge in [0.05, 0.1) is 6.42 Å². The van der Waals surface area contributed by atoms with Gasteiger partial charge in [0.25, 0.3) is 0 Å². The number of aromatic nitrogens is 4. The molecular weight excluding hydrogens is 370 g/mol. The first-order valence-corrected chi connectivity index (χ1v) is 9.91. The fraction of sp³-hybridized carbons (Fsp3) is 0.312. The minimum absolute atomic E-state index is 0.0788. The minimum Gasteiger partial charge on any atom is -0.355 e. The van der Waals surface area contributed by atoms with Crippen LogP contribution in [-0.4, -0.2) is 45.4 Å². The quantitative estimate of drug-likeness (QED) is 0.670. The van der Waals surface area contributed by atoms with E-state index < -0.39 is 0 Å². The number of carbonyl (C=O) groups excluding carboxylic acids is 1. The summed E-state index contributed by atoms with van der Waals surface area (Å²) in [5.74, 6) is 0.806. The van der Waals surface area contributed by atoms with Gasteiger partial charge in [-0.2, -0.15) is 5.10 Å². The molecule has 1 saturated heterocycles. The molecule has 10 heteroatoms. The van der Waals surface area contributed by atoms with E-state index in [1.54, 1.807) is 17.5 Å². The maximum absolute atomic E-state index is 12.0. The maximum Gasteiger partial charge on any atom is 0.231 e. The number of nitrogens with zero attached hydrogens (tertiary/aromatic N) is 5. The molecule has 8 nitrogen and oxygen atoms in total. The molecule has 2 N–H and O–H groups in total. The van der Waals surface area contributed by atoms with Crippen molar-refractivity contribution in [2.45, 2.75) is 18.9 Å². The Balaban J connectivity index is 1.29. The SMILES string of the molecule is O=C(Cc1cccs1)Nc1nnc(N[C@@H]2CCN(c3cccnn3)C2)s1. The fourth-order valence-electron chi connectivity index (χ4n) is 2.79. The number of rotatable bonds is 6. The third-order valence-electron chi connectivity index (χ3n) is 3.98. The lowest BCUT2D eigenvalue weighted by molar-refractivity contribution is -0.115. The summed E-state index contributed by atoms with van der Waals surface area (Å²) in [6.07, 6.45) is 3.01. The third kappa shape index (κ3) is 4.14. The van der Waals surface area contributed by atoms with Gasteiger partial charge >= 0.3 is 0 Å². The first kappa shape index (κ1) is 16.9. The Hall–Kier alpha value is -2.59. The second kappa shape index (κ2) is 7.75. The van der Waals surface area contributed by atoms with E-state index in [9.17, 15) is 4.79 Å². The van der Waals surface area contributed by atoms with E-state index in [0.717, 1.165) is 30.2 Å². The molecule has 1 aliphatic rings. The van der Waals surface area contributed by atoms with Crippen molar-refractivity contribution < 1.29 is 4.79 Å². The van der Waals surface area contributed by atoms with Gasteiger partial charge in [0.1, 0.15) is 0 Å². The normalized spacial score (nSPS) is 16.6. The van der Waals surface area contributed by atoms with Crippen LogP contribution in [0.25, 0.3) is 0 Å². The minimum atomic E-state index is -0.0788. The summed E-state index contributed by atoms with van der Waals surface area (Å²) in [6.45, 7) is 1.75. The third-order valence-corrected chi connectivity index (χ3v) is 5.63. The molecule has 0 bridgehead atoms. The molecule has 3 aromatic heterocycles. The standard InChI is InChI=1S/C16H17N7OS2/c24-14(9-12-3-2-8-25-12)19-16-22-21-15(26-16)18-11-5-7-23(10-11)13-4-1-6-17-20-13/h1-4,6,8,11H,5,7,9-10H2,(H,18,21)(H,19,22,24)/t11-/m1/s1. The predicted octanol–water partition coefficient (Wildman–Crippen LogP) is 2.26. The van der Waals surface area contributed by atoms with Crippen LogP contribution in [0, 0.1) is 0 Å². The van der Waals surface area contributed by atoms with Gasteiger partial charge in [-0.3, -0.25) is 4.79 Å². The Morgan fingerprint density at radius 3 is 2.96 bits per heavy atom. The number of anilines is 3. The molecule has 0 unspecified atom stereocenters. The molecular formula is C16H17N7OS2. The molecule has 1 aliphatic heterocycles. The van der Waals surface area contributed by atoms with Crippen LogP contribution in [0.3, 0.4) is 0 Å². The Kier molecular flexibility index (Phi) is 5.02. The van der Waals surface area contributed by atoms with Crippen molar-refractivity contribution in [1.29, 1.82) is 0 Å². The molecule has 26 heavy (non-hydrogen) atoms. The Labute approximate surface area is 158 Å². The smallest absolute Gasteiger partial charge is 0.231 e. The van der Waals surface area contributed by atoms with Crippen LogP contribution >= 0.6 is 22.7 Å². The molecule has 4 heterocycles. The second-order valence-corrected chi connectivity index (χ2v) is 7.88.